The molecule has 2 aromatic heterocycles. The second-order valence-corrected chi connectivity index (χ2v) is 11.4. The van der Waals surface area contributed by atoms with E-state index >= 15 is 0 Å². The molecule has 11 nitrogen and oxygen atoms in total. The first-order valence-electron chi connectivity index (χ1n) is 12.4. The molecule has 0 atom stereocenters. The lowest BCUT2D eigenvalue weighted by Crippen LogP contribution is -2.49. The molecule has 0 radical (unpaired) electrons. The molecule has 13 heteroatoms. The fraction of sp³-hybridized carbons (Fsp3) is 0.346. The van der Waals surface area contributed by atoms with Crippen molar-refractivity contribution in [3.8, 4) is 17.2 Å². The van der Waals surface area contributed by atoms with Gasteiger partial charge >= 0.3 is 0 Å². The third-order valence-electron chi connectivity index (χ3n) is 6.58. The van der Waals surface area contributed by atoms with Crippen molar-refractivity contribution in [1.29, 1.82) is 0 Å². The lowest BCUT2D eigenvalue weighted by Gasteiger charge is -2.33. The van der Waals surface area contributed by atoms with Gasteiger partial charge in [-0.1, -0.05) is 23.4 Å². The molecule has 1 aliphatic rings. The van der Waals surface area contributed by atoms with Gasteiger partial charge in [-0.2, -0.15) is 9.40 Å². The topological polar surface area (TPSA) is 108 Å². The van der Waals surface area contributed by atoms with Gasteiger partial charge in [0.2, 0.25) is 14.8 Å². The lowest BCUT2D eigenvalue weighted by atomic mass is 10.3. The molecule has 1 fully saturated rings. The maximum absolute atomic E-state index is 13.2. The van der Waals surface area contributed by atoms with E-state index < -0.39 is 10.0 Å². The van der Waals surface area contributed by atoms with Crippen molar-refractivity contribution >= 4 is 22.2 Å². The molecular formula is C26H30N6O5S2. The quantitative estimate of drug-likeness (QED) is 0.279. The molecule has 206 valence electrons. The normalized spacial score (nSPS) is 14.9. The van der Waals surface area contributed by atoms with Crippen LogP contribution in [0.4, 0.5) is 0 Å². The van der Waals surface area contributed by atoms with Crippen LogP contribution in [-0.4, -0.2) is 70.4 Å². The first-order valence-corrected chi connectivity index (χ1v) is 14.3. The summed E-state index contributed by atoms with van der Waals surface area (Å²) in [4.78, 5) is 2.28. The molecule has 0 amide bonds. The smallest absolute Gasteiger partial charge is 0.248 e. The third kappa shape index (κ3) is 5.62. The minimum absolute atomic E-state index is 0.154. The average Bonchev–Trinajstić information content (AvgIpc) is 3.46. The molecule has 1 saturated heterocycles. The van der Waals surface area contributed by atoms with Gasteiger partial charge in [-0.25, -0.2) is 13.1 Å². The molecule has 0 bridgehead atoms. The highest BCUT2D eigenvalue weighted by Gasteiger charge is 2.33. The lowest BCUT2D eigenvalue weighted by molar-refractivity contribution is 0.144. The molecule has 4 aromatic rings. The summed E-state index contributed by atoms with van der Waals surface area (Å²) in [6.45, 7) is 5.62. The number of para-hydroxylation sites is 1. The van der Waals surface area contributed by atoms with E-state index in [1.807, 2.05) is 59.2 Å². The number of methoxy groups -OCH3 is 1. The van der Waals surface area contributed by atoms with Crippen LogP contribution in [0.5, 0.6) is 11.5 Å². The number of benzene rings is 2. The molecule has 2 aromatic carbocycles. The summed E-state index contributed by atoms with van der Waals surface area (Å²) in [7, 11) is -2.06. The van der Waals surface area contributed by atoms with E-state index in [1.54, 1.807) is 25.6 Å². The van der Waals surface area contributed by atoms with E-state index in [1.165, 1.54) is 4.31 Å². The summed E-state index contributed by atoms with van der Waals surface area (Å²) in [5.74, 6) is 2.39. The second-order valence-electron chi connectivity index (χ2n) is 9.15. The van der Waals surface area contributed by atoms with E-state index in [0.29, 0.717) is 60.6 Å². The molecular weight excluding hydrogens is 540 g/mol. The molecule has 1 aliphatic heterocycles. The number of hydrogen-bond acceptors (Lipinski definition) is 9. The zero-order valence-electron chi connectivity index (χ0n) is 22.0. The Morgan fingerprint density at radius 1 is 0.974 bits per heavy atom. The Morgan fingerprint density at radius 2 is 1.64 bits per heavy atom. The van der Waals surface area contributed by atoms with Gasteiger partial charge in [0.1, 0.15) is 28.7 Å². The monoisotopic (exact) mass is 570 g/mol. The SMILES string of the molecule is COc1ccc(OCc2nn(CN3CCN(S(=O)(=O)c4c(C)noc4C)CC3)c(=S)n2-c2ccccc2)cc1. The van der Waals surface area contributed by atoms with Crippen LogP contribution < -0.4 is 9.47 Å². The second kappa shape index (κ2) is 11.3. The summed E-state index contributed by atoms with van der Waals surface area (Å²) in [5, 5.41) is 8.60. The number of aryl methyl sites for hydroxylation is 2. The van der Waals surface area contributed by atoms with Crippen molar-refractivity contribution in [3.63, 3.8) is 0 Å². The van der Waals surface area contributed by atoms with Gasteiger partial charge in [-0.15, -0.1) is 0 Å². The van der Waals surface area contributed by atoms with Gasteiger partial charge in [-0.05, 0) is 62.5 Å². The first kappa shape index (κ1) is 27.1. The van der Waals surface area contributed by atoms with Crippen molar-refractivity contribution in [2.75, 3.05) is 33.3 Å². The summed E-state index contributed by atoms with van der Waals surface area (Å²) in [6, 6.07) is 17.1. The van der Waals surface area contributed by atoms with E-state index in [-0.39, 0.29) is 11.5 Å². The predicted octanol–water partition coefficient (Wildman–Crippen LogP) is 3.56. The molecule has 5 rings (SSSR count). The molecule has 3 heterocycles. The Labute approximate surface area is 232 Å². The van der Waals surface area contributed by atoms with Crippen LogP contribution >= 0.6 is 12.2 Å². The standard InChI is InChI=1S/C26H30N6O5S2/c1-19-25(20(2)37-28-19)39(33,34)30-15-13-29(14-16-30)18-31-26(38)32(21-7-5-4-6-8-21)24(27-31)17-36-23-11-9-22(35-3)10-12-23/h4-12H,13-18H2,1-3H3. The fourth-order valence-corrected chi connectivity index (χ4v) is 6.59. The maximum atomic E-state index is 13.2. The van der Waals surface area contributed by atoms with Gasteiger partial charge in [-0.3, -0.25) is 9.47 Å². The Bertz CT molecular complexity index is 1570. The van der Waals surface area contributed by atoms with Crippen molar-refractivity contribution < 1.29 is 22.4 Å². The fourth-order valence-electron chi connectivity index (χ4n) is 4.57. The van der Waals surface area contributed by atoms with E-state index in [4.69, 9.17) is 31.3 Å². The van der Waals surface area contributed by atoms with Crippen LogP contribution in [0, 0.1) is 18.6 Å². The highest BCUT2D eigenvalue weighted by molar-refractivity contribution is 7.89. The van der Waals surface area contributed by atoms with Crippen LogP contribution in [0.2, 0.25) is 0 Å². The largest absolute Gasteiger partial charge is 0.497 e. The van der Waals surface area contributed by atoms with Crippen LogP contribution in [-0.2, 0) is 23.3 Å². The minimum Gasteiger partial charge on any atom is -0.497 e. The molecule has 0 aliphatic carbocycles. The van der Waals surface area contributed by atoms with Crippen LogP contribution in [0.1, 0.15) is 17.3 Å². The number of ether oxygens (including phenoxy) is 2. The zero-order chi connectivity index (χ0) is 27.6. The zero-order valence-corrected chi connectivity index (χ0v) is 23.6. The van der Waals surface area contributed by atoms with Crippen LogP contribution in [0.3, 0.4) is 0 Å². The maximum Gasteiger partial charge on any atom is 0.248 e. The molecule has 0 unspecified atom stereocenters. The summed E-state index contributed by atoms with van der Waals surface area (Å²) in [5.41, 5.74) is 1.26. The third-order valence-corrected chi connectivity index (χ3v) is 9.12. The predicted molar refractivity (Wildman–Crippen MR) is 146 cm³/mol. The van der Waals surface area contributed by atoms with Gasteiger partial charge in [0.25, 0.3) is 0 Å². The summed E-state index contributed by atoms with van der Waals surface area (Å²) >= 11 is 5.83. The number of nitrogens with zero attached hydrogens (tertiary/aromatic N) is 6. The van der Waals surface area contributed by atoms with E-state index in [0.717, 1.165) is 11.4 Å². The van der Waals surface area contributed by atoms with Crippen molar-refractivity contribution in [2.45, 2.75) is 32.0 Å². The van der Waals surface area contributed by atoms with Gasteiger partial charge in [0.15, 0.2) is 11.6 Å². The number of rotatable bonds is 9. The van der Waals surface area contributed by atoms with Gasteiger partial charge < -0.3 is 14.0 Å². The Balaban J connectivity index is 1.32. The first-order chi connectivity index (χ1) is 18.8. The molecule has 0 saturated carbocycles. The molecule has 39 heavy (non-hydrogen) atoms. The highest BCUT2D eigenvalue weighted by Crippen LogP contribution is 2.25. The van der Waals surface area contributed by atoms with Crippen LogP contribution in [0.25, 0.3) is 5.69 Å². The van der Waals surface area contributed by atoms with E-state index in [2.05, 4.69) is 10.1 Å². The van der Waals surface area contributed by atoms with Crippen LogP contribution in [0.15, 0.2) is 64.0 Å². The molecule has 0 N–H and O–H groups in total. The summed E-state index contributed by atoms with van der Waals surface area (Å²) < 4.78 is 48.4. The molecule has 0 spiro atoms. The minimum atomic E-state index is -3.68. The number of hydrogen-bond donors (Lipinski definition) is 0. The Kier molecular flexibility index (Phi) is 7.84. The van der Waals surface area contributed by atoms with Crippen molar-refractivity contribution in [1.82, 2.24) is 28.7 Å². The Hall–Kier alpha value is -3.52. The number of piperazine rings is 1. The number of sulfonamides is 1. The van der Waals surface area contributed by atoms with Gasteiger partial charge in [0, 0.05) is 31.9 Å². The van der Waals surface area contributed by atoms with Crippen molar-refractivity contribution in [2.24, 2.45) is 0 Å². The van der Waals surface area contributed by atoms with E-state index in [9.17, 15) is 8.42 Å². The average molecular weight is 571 g/mol. The summed E-state index contributed by atoms with van der Waals surface area (Å²) in [6.07, 6.45) is 0. The highest BCUT2D eigenvalue weighted by atomic mass is 32.2. The van der Waals surface area contributed by atoms with Gasteiger partial charge in [0.05, 0.1) is 13.8 Å². The Morgan fingerprint density at radius 3 is 2.26 bits per heavy atom. The van der Waals surface area contributed by atoms with Crippen molar-refractivity contribution in [3.05, 3.63) is 76.6 Å². The number of aromatic nitrogens is 4.